The molecule has 0 saturated heterocycles. The Morgan fingerprint density at radius 2 is 1.47 bits per heavy atom. The molecule has 0 bridgehead atoms. The number of aromatic nitrogens is 2. The Morgan fingerprint density at radius 3 is 2.17 bits per heavy atom. The zero-order chi connectivity index (χ0) is 20.8. The molecular weight excluding hydrogens is 368 g/mol. The number of hydrogen-bond donors (Lipinski definition) is 2. The first-order chi connectivity index (χ1) is 14.8. The van der Waals surface area contributed by atoms with Crippen LogP contribution in [0.3, 0.4) is 0 Å². The average molecular weight is 399 g/mol. The zero-order valence-electron chi connectivity index (χ0n) is 17.5. The standard InChI is InChI=1S/C26H30N4/c1-3-19-13-15-21(29-23(19)4-2)17-27-25-11-7-8-12-26(25)28-18-22-16-14-20-9-5-6-10-24(20)30-22/h3-6,9-10,13-16,25-28H,1-2,7-8,11-12,17-18H2/t25-,26-/m0/s1. The van der Waals surface area contributed by atoms with Crippen LogP contribution in [0, 0.1) is 0 Å². The van der Waals surface area contributed by atoms with E-state index in [-0.39, 0.29) is 0 Å². The lowest BCUT2D eigenvalue weighted by Crippen LogP contribution is -2.49. The van der Waals surface area contributed by atoms with Crippen LogP contribution in [-0.4, -0.2) is 22.1 Å². The molecule has 1 fully saturated rings. The van der Waals surface area contributed by atoms with E-state index in [1.165, 1.54) is 31.1 Å². The van der Waals surface area contributed by atoms with Crippen LogP contribution in [0.4, 0.5) is 0 Å². The predicted molar refractivity (Wildman–Crippen MR) is 126 cm³/mol. The van der Waals surface area contributed by atoms with E-state index in [0.717, 1.165) is 41.3 Å². The molecule has 1 saturated carbocycles. The van der Waals surface area contributed by atoms with E-state index in [1.807, 2.05) is 12.1 Å². The normalized spacial score (nSPS) is 18.9. The Balaban J connectivity index is 1.37. The maximum Gasteiger partial charge on any atom is 0.0705 e. The van der Waals surface area contributed by atoms with Crippen molar-refractivity contribution in [2.75, 3.05) is 0 Å². The van der Waals surface area contributed by atoms with Crippen LogP contribution in [0.1, 0.15) is 48.3 Å². The van der Waals surface area contributed by atoms with Crippen LogP contribution >= 0.6 is 0 Å². The van der Waals surface area contributed by atoms with E-state index in [9.17, 15) is 0 Å². The topological polar surface area (TPSA) is 49.8 Å². The quantitative estimate of drug-likeness (QED) is 0.554. The highest BCUT2D eigenvalue weighted by Crippen LogP contribution is 2.20. The summed E-state index contributed by atoms with van der Waals surface area (Å²) in [5.41, 5.74) is 5.10. The van der Waals surface area contributed by atoms with Crippen LogP contribution in [0.2, 0.25) is 0 Å². The number of pyridine rings is 2. The minimum atomic E-state index is 0.437. The third-order valence-electron chi connectivity index (χ3n) is 5.94. The SMILES string of the molecule is C=Cc1ccc(CN[C@H]2CCCC[C@@H]2NCc2ccc3ccccc3n2)nc1C=C. The van der Waals surface area contributed by atoms with Gasteiger partial charge in [0.15, 0.2) is 0 Å². The Hall–Kier alpha value is -2.82. The Kier molecular flexibility index (Phi) is 6.67. The van der Waals surface area contributed by atoms with Gasteiger partial charge in [-0.3, -0.25) is 9.97 Å². The first kappa shape index (κ1) is 20.5. The van der Waals surface area contributed by atoms with Gasteiger partial charge >= 0.3 is 0 Å². The number of para-hydroxylation sites is 1. The minimum absolute atomic E-state index is 0.437. The molecule has 30 heavy (non-hydrogen) atoms. The molecular formula is C26H30N4. The van der Waals surface area contributed by atoms with Crippen molar-refractivity contribution in [2.24, 2.45) is 0 Å². The van der Waals surface area contributed by atoms with Gasteiger partial charge in [-0.05, 0) is 42.7 Å². The molecule has 4 nitrogen and oxygen atoms in total. The molecule has 2 heterocycles. The van der Waals surface area contributed by atoms with Gasteiger partial charge in [-0.15, -0.1) is 0 Å². The van der Waals surface area contributed by atoms with Crippen molar-refractivity contribution in [3.63, 3.8) is 0 Å². The van der Waals surface area contributed by atoms with Gasteiger partial charge in [-0.1, -0.05) is 62.4 Å². The summed E-state index contributed by atoms with van der Waals surface area (Å²) in [6.07, 6.45) is 8.53. The second-order valence-electron chi connectivity index (χ2n) is 7.94. The van der Waals surface area contributed by atoms with Crippen molar-refractivity contribution in [1.82, 2.24) is 20.6 Å². The van der Waals surface area contributed by atoms with E-state index in [2.05, 4.69) is 66.3 Å². The first-order valence-electron chi connectivity index (χ1n) is 10.8. The summed E-state index contributed by atoms with van der Waals surface area (Å²) in [4.78, 5) is 9.52. The largest absolute Gasteiger partial charge is 0.307 e. The fraction of sp³-hybridized carbons (Fsp3) is 0.308. The van der Waals surface area contributed by atoms with Crippen LogP contribution in [0.15, 0.2) is 61.7 Å². The number of benzene rings is 1. The second kappa shape index (κ2) is 9.79. The predicted octanol–water partition coefficient (Wildman–Crippen LogP) is 5.11. The number of nitrogens with one attached hydrogen (secondary N) is 2. The third-order valence-corrected chi connectivity index (χ3v) is 5.94. The molecule has 0 unspecified atom stereocenters. The molecule has 2 atom stereocenters. The smallest absolute Gasteiger partial charge is 0.0705 e. The van der Waals surface area contributed by atoms with Crippen LogP contribution in [0.5, 0.6) is 0 Å². The van der Waals surface area contributed by atoms with Crippen LogP contribution < -0.4 is 10.6 Å². The van der Waals surface area contributed by atoms with Crippen LogP contribution in [0.25, 0.3) is 23.1 Å². The summed E-state index contributed by atoms with van der Waals surface area (Å²) in [6.45, 7) is 9.26. The summed E-state index contributed by atoms with van der Waals surface area (Å²) in [6, 6.07) is 17.6. The van der Waals surface area contributed by atoms with E-state index >= 15 is 0 Å². The molecule has 0 amide bonds. The highest BCUT2D eigenvalue weighted by molar-refractivity contribution is 5.78. The first-order valence-corrected chi connectivity index (χ1v) is 10.8. The molecule has 1 aromatic carbocycles. The number of nitrogens with zero attached hydrogens (tertiary/aromatic N) is 2. The van der Waals surface area contributed by atoms with Crippen molar-refractivity contribution in [2.45, 2.75) is 50.9 Å². The van der Waals surface area contributed by atoms with Gasteiger partial charge in [0.25, 0.3) is 0 Å². The monoisotopic (exact) mass is 398 g/mol. The maximum absolute atomic E-state index is 4.80. The van der Waals surface area contributed by atoms with E-state index in [1.54, 1.807) is 6.08 Å². The fourth-order valence-electron chi connectivity index (χ4n) is 4.26. The van der Waals surface area contributed by atoms with E-state index in [0.29, 0.717) is 12.1 Å². The molecule has 0 radical (unpaired) electrons. The number of hydrogen-bond acceptors (Lipinski definition) is 4. The maximum atomic E-state index is 4.80. The van der Waals surface area contributed by atoms with Crippen molar-refractivity contribution in [1.29, 1.82) is 0 Å². The Labute approximate surface area is 179 Å². The van der Waals surface area contributed by atoms with Gasteiger partial charge in [-0.25, -0.2) is 0 Å². The van der Waals surface area contributed by atoms with E-state index < -0.39 is 0 Å². The lowest BCUT2D eigenvalue weighted by Gasteiger charge is -2.33. The summed E-state index contributed by atoms with van der Waals surface area (Å²) in [7, 11) is 0. The highest BCUT2D eigenvalue weighted by atomic mass is 15.0. The molecule has 1 aliphatic rings. The van der Waals surface area contributed by atoms with E-state index in [4.69, 9.17) is 9.97 Å². The molecule has 3 aromatic rings. The molecule has 4 heteroatoms. The number of fused-ring (bicyclic) bond motifs is 1. The highest BCUT2D eigenvalue weighted by Gasteiger charge is 2.24. The Morgan fingerprint density at radius 1 is 0.800 bits per heavy atom. The van der Waals surface area contributed by atoms with Gasteiger partial charge in [0.2, 0.25) is 0 Å². The van der Waals surface area contributed by atoms with Gasteiger partial charge in [0.05, 0.1) is 22.6 Å². The zero-order valence-corrected chi connectivity index (χ0v) is 17.5. The van der Waals surface area contributed by atoms with Gasteiger partial charge in [-0.2, -0.15) is 0 Å². The van der Waals surface area contributed by atoms with Gasteiger partial charge < -0.3 is 10.6 Å². The summed E-state index contributed by atoms with van der Waals surface area (Å²) < 4.78 is 0. The summed E-state index contributed by atoms with van der Waals surface area (Å²) >= 11 is 0. The lowest BCUT2D eigenvalue weighted by atomic mass is 9.90. The average Bonchev–Trinajstić information content (AvgIpc) is 2.81. The summed E-state index contributed by atoms with van der Waals surface area (Å²) in [5, 5.41) is 8.68. The lowest BCUT2D eigenvalue weighted by molar-refractivity contribution is 0.280. The molecule has 0 aliphatic heterocycles. The molecule has 154 valence electrons. The fourth-order valence-corrected chi connectivity index (χ4v) is 4.26. The molecule has 4 rings (SSSR count). The second-order valence-corrected chi connectivity index (χ2v) is 7.94. The van der Waals surface area contributed by atoms with Crippen molar-refractivity contribution >= 4 is 23.1 Å². The minimum Gasteiger partial charge on any atom is -0.307 e. The van der Waals surface area contributed by atoms with Crippen molar-refractivity contribution < 1.29 is 0 Å². The summed E-state index contributed by atoms with van der Waals surface area (Å²) in [5.74, 6) is 0. The molecule has 1 aliphatic carbocycles. The van der Waals surface area contributed by atoms with Crippen molar-refractivity contribution in [3.05, 3.63) is 84.3 Å². The molecule has 2 aromatic heterocycles. The third kappa shape index (κ3) is 4.84. The van der Waals surface area contributed by atoms with Crippen molar-refractivity contribution in [3.8, 4) is 0 Å². The van der Waals surface area contributed by atoms with Gasteiger partial charge in [0.1, 0.15) is 0 Å². The molecule has 2 N–H and O–H groups in total. The van der Waals surface area contributed by atoms with Gasteiger partial charge in [0, 0.05) is 30.6 Å². The molecule has 0 spiro atoms. The Bertz CT molecular complexity index is 1030. The number of rotatable bonds is 8. The van der Waals surface area contributed by atoms with Crippen LogP contribution in [-0.2, 0) is 13.1 Å².